The average molecular weight is 271 g/mol. The number of aliphatic hydroxyl groups excluding tert-OH is 1. The molecule has 0 aromatic heterocycles. The average Bonchev–Trinajstić information content (AvgIpc) is 3.25. The third-order valence-electron chi connectivity index (χ3n) is 4.93. The number of hydrogen-bond acceptors (Lipinski definition) is 3. The van der Waals surface area contributed by atoms with Crippen molar-refractivity contribution in [1.82, 2.24) is 4.90 Å². The van der Waals surface area contributed by atoms with Crippen LogP contribution in [0.1, 0.15) is 24.8 Å². The molecular formula is C17H21NO2. The molecule has 3 nitrogen and oxygen atoms in total. The Bertz CT molecular complexity index is 513. The molecule has 0 unspecified atom stereocenters. The van der Waals surface area contributed by atoms with Gasteiger partial charge in [0.15, 0.2) is 0 Å². The van der Waals surface area contributed by atoms with Gasteiger partial charge >= 0.3 is 0 Å². The maximum absolute atomic E-state index is 10.3. The molecule has 2 fully saturated rings. The number of rotatable bonds is 2. The number of benzene rings is 1. The van der Waals surface area contributed by atoms with Gasteiger partial charge in [0.1, 0.15) is 0 Å². The van der Waals surface area contributed by atoms with Gasteiger partial charge < -0.3 is 9.84 Å². The highest BCUT2D eigenvalue weighted by Gasteiger charge is 2.49. The summed E-state index contributed by atoms with van der Waals surface area (Å²) in [6, 6.07) is 10.9. The monoisotopic (exact) mass is 271 g/mol. The Hall–Kier alpha value is -1.16. The van der Waals surface area contributed by atoms with Crippen LogP contribution in [0.25, 0.3) is 5.57 Å². The fourth-order valence-electron chi connectivity index (χ4n) is 3.68. The maximum Gasteiger partial charge on any atom is 0.0867 e. The van der Waals surface area contributed by atoms with Crippen LogP contribution >= 0.6 is 0 Å². The van der Waals surface area contributed by atoms with E-state index in [1.54, 1.807) is 0 Å². The molecule has 3 heteroatoms. The predicted octanol–water partition coefficient (Wildman–Crippen LogP) is 2.07. The van der Waals surface area contributed by atoms with Gasteiger partial charge in [-0.3, -0.25) is 4.90 Å². The van der Waals surface area contributed by atoms with Gasteiger partial charge in [0.05, 0.1) is 18.3 Å². The lowest BCUT2D eigenvalue weighted by Gasteiger charge is -2.38. The van der Waals surface area contributed by atoms with Crippen molar-refractivity contribution in [2.45, 2.75) is 43.6 Å². The summed E-state index contributed by atoms with van der Waals surface area (Å²) >= 11 is 0. The van der Waals surface area contributed by atoms with Gasteiger partial charge in [-0.15, -0.1) is 0 Å². The largest absolute Gasteiger partial charge is 0.391 e. The second-order valence-corrected chi connectivity index (χ2v) is 6.16. The second-order valence-electron chi connectivity index (χ2n) is 6.16. The molecule has 4 atom stereocenters. The van der Waals surface area contributed by atoms with E-state index in [9.17, 15) is 5.11 Å². The highest BCUT2D eigenvalue weighted by atomic mass is 16.6. The van der Waals surface area contributed by atoms with E-state index in [0.29, 0.717) is 12.2 Å². The third kappa shape index (κ3) is 2.30. The SMILES string of the molecule is O[C@H]1C[C@@H]2O[C@@H]2C[C@@H]1N1CC=C(c2ccccc2)CC1. The van der Waals surface area contributed by atoms with E-state index in [-0.39, 0.29) is 12.1 Å². The number of aliphatic hydroxyl groups is 1. The van der Waals surface area contributed by atoms with Crippen molar-refractivity contribution in [2.24, 2.45) is 0 Å². The zero-order valence-electron chi connectivity index (χ0n) is 11.6. The number of ether oxygens (including phenoxy) is 1. The summed E-state index contributed by atoms with van der Waals surface area (Å²) in [5, 5.41) is 10.3. The van der Waals surface area contributed by atoms with E-state index in [1.165, 1.54) is 11.1 Å². The van der Waals surface area contributed by atoms with Crippen molar-refractivity contribution < 1.29 is 9.84 Å². The van der Waals surface area contributed by atoms with Gasteiger partial charge in [-0.1, -0.05) is 36.4 Å². The van der Waals surface area contributed by atoms with Crippen molar-refractivity contribution in [1.29, 1.82) is 0 Å². The molecule has 0 amide bonds. The molecule has 106 valence electrons. The first-order chi connectivity index (χ1) is 9.81. The Kier molecular flexibility index (Phi) is 3.14. The first kappa shape index (κ1) is 12.6. The molecule has 1 saturated carbocycles. The highest BCUT2D eigenvalue weighted by molar-refractivity contribution is 5.66. The smallest absolute Gasteiger partial charge is 0.0867 e. The van der Waals surface area contributed by atoms with Gasteiger partial charge in [-0.25, -0.2) is 0 Å². The Morgan fingerprint density at radius 2 is 1.90 bits per heavy atom. The van der Waals surface area contributed by atoms with Crippen LogP contribution < -0.4 is 0 Å². The van der Waals surface area contributed by atoms with Gasteiger partial charge in [0.2, 0.25) is 0 Å². The molecule has 1 aliphatic carbocycles. The van der Waals surface area contributed by atoms with Gasteiger partial charge in [0.25, 0.3) is 0 Å². The van der Waals surface area contributed by atoms with Crippen LogP contribution in [-0.4, -0.2) is 47.4 Å². The molecule has 0 bridgehead atoms. The number of fused-ring (bicyclic) bond motifs is 1. The number of nitrogens with zero attached hydrogens (tertiary/aromatic N) is 1. The lowest BCUT2D eigenvalue weighted by Crippen LogP contribution is -2.48. The van der Waals surface area contributed by atoms with E-state index in [0.717, 1.165) is 32.4 Å². The molecule has 2 aliphatic heterocycles. The summed E-state index contributed by atoms with van der Waals surface area (Å²) in [7, 11) is 0. The summed E-state index contributed by atoms with van der Waals surface area (Å²) in [6.07, 6.45) is 5.77. The van der Waals surface area contributed by atoms with Crippen LogP contribution in [0.15, 0.2) is 36.4 Å². The van der Waals surface area contributed by atoms with Crippen molar-refractivity contribution in [3.05, 3.63) is 42.0 Å². The fourth-order valence-corrected chi connectivity index (χ4v) is 3.68. The molecule has 1 saturated heterocycles. The summed E-state index contributed by atoms with van der Waals surface area (Å²) < 4.78 is 5.56. The molecule has 20 heavy (non-hydrogen) atoms. The van der Waals surface area contributed by atoms with Crippen molar-refractivity contribution in [3.8, 4) is 0 Å². The van der Waals surface area contributed by atoms with E-state index in [2.05, 4.69) is 41.3 Å². The fraction of sp³-hybridized carbons (Fsp3) is 0.529. The third-order valence-corrected chi connectivity index (χ3v) is 4.93. The molecule has 0 spiro atoms. The maximum atomic E-state index is 10.3. The predicted molar refractivity (Wildman–Crippen MR) is 78.3 cm³/mol. The zero-order chi connectivity index (χ0) is 13.5. The normalized spacial score (nSPS) is 37.1. The van der Waals surface area contributed by atoms with Gasteiger partial charge in [-0.2, -0.15) is 0 Å². The van der Waals surface area contributed by atoms with Crippen LogP contribution in [0, 0.1) is 0 Å². The minimum absolute atomic E-state index is 0.217. The van der Waals surface area contributed by atoms with Crippen LogP contribution in [0.3, 0.4) is 0 Å². The van der Waals surface area contributed by atoms with Crippen molar-refractivity contribution in [2.75, 3.05) is 13.1 Å². The standard InChI is InChI=1S/C17H21NO2/c19-15-11-17-16(20-17)10-14(15)18-8-6-13(7-9-18)12-4-2-1-3-5-12/h1-6,14-17,19H,7-11H2/t14-,15-,16+,17-/m0/s1. The zero-order valence-corrected chi connectivity index (χ0v) is 11.6. The molecule has 1 aromatic rings. The van der Waals surface area contributed by atoms with E-state index in [1.807, 2.05) is 0 Å². The molecular weight excluding hydrogens is 250 g/mol. The van der Waals surface area contributed by atoms with E-state index >= 15 is 0 Å². The molecule has 1 aromatic carbocycles. The minimum atomic E-state index is -0.217. The van der Waals surface area contributed by atoms with Gasteiger partial charge in [-0.05, 0) is 24.0 Å². The highest BCUT2D eigenvalue weighted by Crippen LogP contribution is 2.39. The molecule has 4 rings (SSSR count). The molecule has 2 heterocycles. The quantitative estimate of drug-likeness (QED) is 0.837. The van der Waals surface area contributed by atoms with Crippen molar-refractivity contribution in [3.63, 3.8) is 0 Å². The first-order valence-corrected chi connectivity index (χ1v) is 7.63. The minimum Gasteiger partial charge on any atom is -0.391 e. The first-order valence-electron chi connectivity index (χ1n) is 7.63. The van der Waals surface area contributed by atoms with Crippen LogP contribution in [0.5, 0.6) is 0 Å². The second kappa shape index (κ2) is 4.99. The number of hydrogen-bond donors (Lipinski definition) is 1. The van der Waals surface area contributed by atoms with Gasteiger partial charge in [0, 0.05) is 25.6 Å². The Morgan fingerprint density at radius 1 is 1.10 bits per heavy atom. The Morgan fingerprint density at radius 3 is 2.65 bits per heavy atom. The lowest BCUT2D eigenvalue weighted by atomic mass is 9.89. The van der Waals surface area contributed by atoms with E-state index < -0.39 is 0 Å². The van der Waals surface area contributed by atoms with Crippen LogP contribution in [0.4, 0.5) is 0 Å². The lowest BCUT2D eigenvalue weighted by molar-refractivity contribution is 0.0336. The van der Waals surface area contributed by atoms with Crippen LogP contribution in [0.2, 0.25) is 0 Å². The van der Waals surface area contributed by atoms with E-state index in [4.69, 9.17) is 4.74 Å². The van der Waals surface area contributed by atoms with Crippen LogP contribution in [-0.2, 0) is 4.74 Å². The molecule has 3 aliphatic rings. The summed E-state index contributed by atoms with van der Waals surface area (Å²) in [4.78, 5) is 2.43. The van der Waals surface area contributed by atoms with Crippen molar-refractivity contribution >= 4 is 5.57 Å². The Labute approximate surface area is 119 Å². The molecule has 0 radical (unpaired) electrons. The summed E-state index contributed by atoms with van der Waals surface area (Å²) in [6.45, 7) is 1.99. The molecule has 1 N–H and O–H groups in total. The summed E-state index contributed by atoms with van der Waals surface area (Å²) in [5.74, 6) is 0. The number of epoxide rings is 1. The Balaban J connectivity index is 1.45. The topological polar surface area (TPSA) is 36.0 Å². The summed E-state index contributed by atoms with van der Waals surface area (Å²) in [5.41, 5.74) is 2.77.